The zero-order valence-electron chi connectivity index (χ0n) is 14.8. The van der Waals surface area contributed by atoms with Crippen LogP contribution >= 0.6 is 0 Å². The number of likely N-dealkylation sites (tertiary alicyclic amines) is 2. The maximum atomic E-state index is 13.1. The van der Waals surface area contributed by atoms with Crippen molar-refractivity contribution in [2.75, 3.05) is 32.4 Å². The van der Waals surface area contributed by atoms with E-state index in [9.17, 15) is 13.2 Å². The Hall–Kier alpha value is -0.620. The van der Waals surface area contributed by atoms with E-state index in [0.717, 1.165) is 19.5 Å². The van der Waals surface area contributed by atoms with Crippen molar-refractivity contribution in [2.24, 2.45) is 5.92 Å². The van der Waals surface area contributed by atoms with Gasteiger partial charge in [0.1, 0.15) is 9.84 Å². The second-order valence-electron chi connectivity index (χ2n) is 7.49. The minimum absolute atomic E-state index is 0.0508. The van der Waals surface area contributed by atoms with Crippen LogP contribution < -0.4 is 0 Å². The smallest absolute Gasteiger partial charge is 0.240 e. The summed E-state index contributed by atoms with van der Waals surface area (Å²) in [5.41, 5.74) is 0. The molecule has 2 saturated heterocycles. The van der Waals surface area contributed by atoms with Gasteiger partial charge in [-0.3, -0.25) is 9.69 Å². The lowest BCUT2D eigenvalue weighted by atomic mass is 9.98. The van der Waals surface area contributed by atoms with Crippen molar-refractivity contribution in [1.82, 2.24) is 9.80 Å². The summed E-state index contributed by atoms with van der Waals surface area (Å²) in [5, 5.41) is -0.284. The first-order valence-electron chi connectivity index (χ1n) is 9.02. The van der Waals surface area contributed by atoms with Crippen LogP contribution in [0.1, 0.15) is 52.4 Å². The van der Waals surface area contributed by atoms with Gasteiger partial charge in [0.25, 0.3) is 0 Å². The van der Waals surface area contributed by atoms with E-state index >= 15 is 0 Å². The van der Waals surface area contributed by atoms with Gasteiger partial charge in [-0.2, -0.15) is 0 Å². The number of rotatable bonds is 4. The third kappa shape index (κ3) is 4.92. The van der Waals surface area contributed by atoms with Crippen molar-refractivity contribution in [3.8, 4) is 0 Å². The lowest BCUT2D eigenvalue weighted by Gasteiger charge is -2.38. The number of sulfone groups is 1. The highest BCUT2D eigenvalue weighted by Gasteiger charge is 2.34. The van der Waals surface area contributed by atoms with Crippen LogP contribution in [0.2, 0.25) is 0 Å². The van der Waals surface area contributed by atoms with Crippen molar-refractivity contribution >= 4 is 15.7 Å². The van der Waals surface area contributed by atoms with E-state index in [1.165, 1.54) is 25.5 Å². The molecule has 2 rings (SSSR count). The number of carbonyl (C=O) groups is 1. The maximum Gasteiger partial charge on any atom is 0.240 e. The second-order valence-corrected chi connectivity index (χ2v) is 9.82. The van der Waals surface area contributed by atoms with Gasteiger partial charge >= 0.3 is 0 Å². The van der Waals surface area contributed by atoms with Crippen LogP contribution in [0.3, 0.4) is 0 Å². The van der Waals surface area contributed by atoms with Gasteiger partial charge in [-0.25, -0.2) is 8.42 Å². The molecule has 23 heavy (non-hydrogen) atoms. The largest absolute Gasteiger partial charge is 0.341 e. The van der Waals surface area contributed by atoms with E-state index in [1.54, 1.807) is 0 Å². The molecule has 0 bridgehead atoms. The molecule has 6 heteroatoms. The molecule has 0 radical (unpaired) electrons. The predicted molar refractivity (Wildman–Crippen MR) is 93.1 cm³/mol. The molecule has 0 N–H and O–H groups in total. The van der Waals surface area contributed by atoms with Crippen LogP contribution in [0.25, 0.3) is 0 Å². The Bertz CT molecular complexity index is 498. The van der Waals surface area contributed by atoms with Gasteiger partial charge in [0.15, 0.2) is 0 Å². The quantitative estimate of drug-likeness (QED) is 0.782. The Morgan fingerprint density at radius 1 is 0.957 bits per heavy atom. The average molecular weight is 345 g/mol. The minimum Gasteiger partial charge on any atom is -0.341 e. The minimum atomic E-state index is -3.00. The van der Waals surface area contributed by atoms with Crippen LogP contribution in [0.4, 0.5) is 0 Å². The third-order valence-corrected chi connectivity index (χ3v) is 6.94. The topological polar surface area (TPSA) is 57.7 Å². The monoisotopic (exact) mass is 344 g/mol. The summed E-state index contributed by atoms with van der Waals surface area (Å²) in [4.78, 5) is 17.3. The van der Waals surface area contributed by atoms with Crippen molar-refractivity contribution in [1.29, 1.82) is 0 Å². The number of carbonyl (C=O) groups excluding carboxylic acids is 1. The zero-order valence-corrected chi connectivity index (χ0v) is 15.6. The molecule has 0 aromatic heterocycles. The van der Waals surface area contributed by atoms with Crippen LogP contribution in [0, 0.1) is 5.92 Å². The Morgan fingerprint density at radius 3 is 2.17 bits per heavy atom. The van der Waals surface area contributed by atoms with Crippen molar-refractivity contribution in [2.45, 2.75) is 63.7 Å². The number of hydrogen-bond acceptors (Lipinski definition) is 4. The zero-order chi connectivity index (χ0) is 17.0. The summed E-state index contributed by atoms with van der Waals surface area (Å²) >= 11 is 0. The van der Waals surface area contributed by atoms with Crippen LogP contribution in [-0.2, 0) is 14.6 Å². The second kappa shape index (κ2) is 7.97. The summed E-state index contributed by atoms with van der Waals surface area (Å²) in [7, 11) is -3.00. The van der Waals surface area contributed by atoms with Crippen LogP contribution in [0.5, 0.6) is 0 Å². The first kappa shape index (κ1) is 18.7. The Balaban J connectivity index is 2.04. The summed E-state index contributed by atoms with van der Waals surface area (Å²) in [6, 6.07) is -0.0508. The molecule has 0 aromatic rings. The summed E-state index contributed by atoms with van der Waals surface area (Å²) in [6.07, 6.45) is 6.97. The molecule has 2 aliphatic rings. The summed E-state index contributed by atoms with van der Waals surface area (Å²) < 4.78 is 23.6. The van der Waals surface area contributed by atoms with E-state index < -0.39 is 9.84 Å². The molecule has 5 nitrogen and oxygen atoms in total. The molecule has 2 aliphatic heterocycles. The average Bonchev–Trinajstić information content (AvgIpc) is 2.73. The van der Waals surface area contributed by atoms with Gasteiger partial charge in [-0.05, 0) is 51.1 Å². The van der Waals surface area contributed by atoms with Gasteiger partial charge in [-0.1, -0.05) is 20.3 Å². The molecule has 2 atom stereocenters. The highest BCUT2D eigenvalue weighted by atomic mass is 32.2. The SMILES string of the molecule is CC(C)C(C(=O)N1CCCC(S(C)(=O)=O)CC1)N1CCCCC1. The summed E-state index contributed by atoms with van der Waals surface area (Å²) in [5.74, 6) is 0.491. The normalized spacial score (nSPS) is 26.1. The molecule has 0 aromatic carbocycles. The molecule has 1 amide bonds. The van der Waals surface area contributed by atoms with Gasteiger partial charge in [-0.15, -0.1) is 0 Å². The first-order chi connectivity index (χ1) is 10.8. The van der Waals surface area contributed by atoms with Gasteiger partial charge < -0.3 is 4.90 Å². The Morgan fingerprint density at radius 2 is 1.61 bits per heavy atom. The molecule has 0 aliphatic carbocycles. The molecule has 0 spiro atoms. The molecule has 2 fully saturated rings. The van der Waals surface area contributed by atoms with Gasteiger partial charge in [0.05, 0.1) is 11.3 Å². The number of nitrogens with zero attached hydrogens (tertiary/aromatic N) is 2. The van der Waals surface area contributed by atoms with E-state index in [2.05, 4.69) is 18.7 Å². The lowest BCUT2D eigenvalue weighted by molar-refractivity contribution is -0.139. The van der Waals surface area contributed by atoms with Crippen molar-refractivity contribution in [3.63, 3.8) is 0 Å². The fraction of sp³-hybridized carbons (Fsp3) is 0.941. The fourth-order valence-electron chi connectivity index (χ4n) is 3.96. The molecular weight excluding hydrogens is 312 g/mol. The predicted octanol–water partition coefficient (Wildman–Crippen LogP) is 1.92. The lowest BCUT2D eigenvalue weighted by Crippen LogP contribution is -2.53. The number of hydrogen-bond donors (Lipinski definition) is 0. The maximum absolute atomic E-state index is 13.1. The van der Waals surface area contributed by atoms with E-state index in [-0.39, 0.29) is 23.1 Å². The first-order valence-corrected chi connectivity index (χ1v) is 11.0. The standard InChI is InChI=1S/C17H32N2O3S/c1-14(2)16(18-10-5-4-6-11-18)17(20)19-12-7-8-15(9-13-19)23(3,21)22/h14-16H,4-13H2,1-3H3. The molecule has 2 heterocycles. The van der Waals surface area contributed by atoms with Gasteiger partial charge in [0, 0.05) is 19.3 Å². The third-order valence-electron chi connectivity index (χ3n) is 5.26. The highest BCUT2D eigenvalue weighted by molar-refractivity contribution is 7.91. The van der Waals surface area contributed by atoms with E-state index in [4.69, 9.17) is 0 Å². The molecule has 2 unspecified atom stereocenters. The number of piperidine rings is 1. The Labute approximate surface area is 141 Å². The van der Waals surface area contributed by atoms with Crippen molar-refractivity contribution < 1.29 is 13.2 Å². The fourth-order valence-corrected chi connectivity index (χ4v) is 5.09. The van der Waals surface area contributed by atoms with Crippen LogP contribution in [-0.4, -0.2) is 67.9 Å². The molecule has 0 saturated carbocycles. The number of amides is 1. The van der Waals surface area contributed by atoms with E-state index in [0.29, 0.717) is 25.9 Å². The van der Waals surface area contributed by atoms with Gasteiger partial charge in [0.2, 0.25) is 5.91 Å². The summed E-state index contributed by atoms with van der Waals surface area (Å²) in [6.45, 7) is 7.53. The highest BCUT2D eigenvalue weighted by Crippen LogP contribution is 2.23. The van der Waals surface area contributed by atoms with Crippen LogP contribution in [0.15, 0.2) is 0 Å². The molecular formula is C17H32N2O3S. The van der Waals surface area contributed by atoms with E-state index in [1.807, 2.05) is 4.90 Å². The van der Waals surface area contributed by atoms with Crippen molar-refractivity contribution in [3.05, 3.63) is 0 Å². The Kier molecular flexibility index (Phi) is 6.48. The molecule has 134 valence electrons.